The van der Waals surface area contributed by atoms with E-state index < -0.39 is 17.7 Å². The molecule has 7 heteroatoms. The summed E-state index contributed by atoms with van der Waals surface area (Å²) >= 11 is 0. The van der Waals surface area contributed by atoms with Crippen LogP contribution in [0.4, 0.5) is 11.4 Å². The lowest BCUT2D eigenvalue weighted by molar-refractivity contribution is -0.132. The second-order valence-electron chi connectivity index (χ2n) is 7.73. The Morgan fingerprint density at radius 3 is 2.39 bits per heavy atom. The first-order valence-corrected chi connectivity index (χ1v) is 10.6. The van der Waals surface area contributed by atoms with Gasteiger partial charge in [-0.3, -0.25) is 24.3 Å². The molecular weight excluding hydrogens is 418 g/mol. The number of nitrogens with zero attached hydrogens (tertiary/aromatic N) is 2. The minimum Gasteiger partial charge on any atom is -0.507 e. The first-order valence-electron chi connectivity index (χ1n) is 10.6. The lowest BCUT2D eigenvalue weighted by atomic mass is 9.94. The molecule has 0 saturated carbocycles. The van der Waals surface area contributed by atoms with E-state index in [-0.39, 0.29) is 17.2 Å². The summed E-state index contributed by atoms with van der Waals surface area (Å²) in [4.78, 5) is 43.2. The molecule has 1 unspecified atom stereocenters. The Bertz CT molecular complexity index is 1250. The van der Waals surface area contributed by atoms with Crippen LogP contribution in [-0.4, -0.2) is 27.7 Å². The van der Waals surface area contributed by atoms with Crippen molar-refractivity contribution in [1.29, 1.82) is 0 Å². The summed E-state index contributed by atoms with van der Waals surface area (Å²) in [7, 11) is 0. The highest BCUT2D eigenvalue weighted by atomic mass is 16.3. The summed E-state index contributed by atoms with van der Waals surface area (Å²) in [5.41, 5.74) is 3.12. The van der Waals surface area contributed by atoms with Crippen molar-refractivity contribution < 1.29 is 19.5 Å². The molecule has 2 amide bonds. The molecule has 0 aliphatic carbocycles. The van der Waals surface area contributed by atoms with Gasteiger partial charge in [0.25, 0.3) is 11.7 Å². The van der Waals surface area contributed by atoms with Gasteiger partial charge in [0.2, 0.25) is 5.91 Å². The Morgan fingerprint density at radius 2 is 1.76 bits per heavy atom. The molecule has 0 radical (unpaired) electrons. The number of anilines is 2. The number of nitrogens with one attached hydrogen (secondary N) is 1. The number of hydrogen-bond donors (Lipinski definition) is 2. The first kappa shape index (κ1) is 22.0. The molecule has 0 bridgehead atoms. The number of Topliss-reactive ketones (excluding diaryl/α,β-unsaturated/α-hetero) is 1. The SMILES string of the molecule is CCc1ccc(C2/C(=C(\O)c3ccncc3)C(=O)C(=O)N2c2cccc(NC(C)=O)c2)cc1. The van der Waals surface area contributed by atoms with E-state index in [4.69, 9.17) is 0 Å². The van der Waals surface area contributed by atoms with Crippen molar-refractivity contribution in [3.05, 3.63) is 95.3 Å². The first-order chi connectivity index (χ1) is 15.9. The molecule has 4 rings (SSSR count). The molecule has 1 aliphatic rings. The van der Waals surface area contributed by atoms with Crippen LogP contribution in [0.5, 0.6) is 0 Å². The molecule has 1 atom stereocenters. The third-order valence-corrected chi connectivity index (χ3v) is 5.55. The maximum atomic E-state index is 13.2. The second-order valence-corrected chi connectivity index (χ2v) is 7.73. The highest BCUT2D eigenvalue weighted by molar-refractivity contribution is 6.51. The van der Waals surface area contributed by atoms with Crippen LogP contribution in [0.2, 0.25) is 0 Å². The van der Waals surface area contributed by atoms with E-state index in [1.807, 2.05) is 31.2 Å². The number of aliphatic hydroxyl groups is 1. The predicted octanol–water partition coefficient (Wildman–Crippen LogP) is 4.23. The summed E-state index contributed by atoms with van der Waals surface area (Å²) in [5.74, 6) is -2.05. The maximum absolute atomic E-state index is 13.2. The van der Waals surface area contributed by atoms with Gasteiger partial charge in [-0.05, 0) is 47.9 Å². The van der Waals surface area contributed by atoms with Gasteiger partial charge in [-0.2, -0.15) is 0 Å². The van der Waals surface area contributed by atoms with Gasteiger partial charge in [-0.15, -0.1) is 0 Å². The Morgan fingerprint density at radius 1 is 1.06 bits per heavy atom. The van der Waals surface area contributed by atoms with Gasteiger partial charge >= 0.3 is 0 Å². The van der Waals surface area contributed by atoms with Crippen molar-refractivity contribution >= 4 is 34.7 Å². The summed E-state index contributed by atoms with van der Waals surface area (Å²) < 4.78 is 0. The Kier molecular flexibility index (Phi) is 6.04. The van der Waals surface area contributed by atoms with Gasteiger partial charge in [-0.25, -0.2) is 0 Å². The van der Waals surface area contributed by atoms with Crippen LogP contribution >= 0.6 is 0 Å². The van der Waals surface area contributed by atoms with E-state index in [1.165, 1.54) is 24.2 Å². The molecule has 1 saturated heterocycles. The highest BCUT2D eigenvalue weighted by Crippen LogP contribution is 2.42. The van der Waals surface area contributed by atoms with Gasteiger partial charge < -0.3 is 10.4 Å². The molecule has 0 spiro atoms. The molecule has 2 aromatic carbocycles. The topological polar surface area (TPSA) is 99.6 Å². The van der Waals surface area contributed by atoms with Gasteiger partial charge in [0.1, 0.15) is 5.76 Å². The Balaban J connectivity index is 1.90. The number of pyridine rings is 1. The number of ketones is 1. The number of carbonyl (C=O) groups excluding carboxylic acids is 3. The summed E-state index contributed by atoms with van der Waals surface area (Å²) in [6, 6.07) is 16.6. The van der Waals surface area contributed by atoms with Crippen LogP contribution in [0.25, 0.3) is 5.76 Å². The molecule has 1 aliphatic heterocycles. The Hall–Kier alpha value is -4.26. The van der Waals surface area contributed by atoms with E-state index in [9.17, 15) is 19.5 Å². The molecule has 2 N–H and O–H groups in total. The molecule has 3 aromatic rings. The number of benzene rings is 2. The summed E-state index contributed by atoms with van der Waals surface area (Å²) in [5, 5.41) is 13.8. The van der Waals surface area contributed by atoms with E-state index in [0.717, 1.165) is 12.0 Å². The van der Waals surface area contributed by atoms with Crippen LogP contribution in [0.1, 0.15) is 36.6 Å². The lowest BCUT2D eigenvalue weighted by Crippen LogP contribution is -2.29. The molecule has 7 nitrogen and oxygen atoms in total. The summed E-state index contributed by atoms with van der Waals surface area (Å²) in [6.45, 7) is 3.43. The van der Waals surface area contributed by atoms with E-state index in [2.05, 4.69) is 10.3 Å². The molecule has 2 heterocycles. The van der Waals surface area contributed by atoms with Crippen molar-refractivity contribution in [1.82, 2.24) is 4.98 Å². The largest absolute Gasteiger partial charge is 0.507 e. The lowest BCUT2D eigenvalue weighted by Gasteiger charge is -2.26. The van der Waals surface area contributed by atoms with Crippen molar-refractivity contribution in [2.24, 2.45) is 0 Å². The molecule has 1 fully saturated rings. The van der Waals surface area contributed by atoms with E-state index in [1.54, 1.807) is 36.4 Å². The third-order valence-electron chi connectivity index (χ3n) is 5.55. The van der Waals surface area contributed by atoms with Crippen molar-refractivity contribution in [3.8, 4) is 0 Å². The minimum absolute atomic E-state index is 0.000351. The molecule has 166 valence electrons. The number of hydrogen-bond acceptors (Lipinski definition) is 5. The second kappa shape index (κ2) is 9.08. The van der Waals surface area contributed by atoms with Gasteiger partial charge in [0.05, 0.1) is 11.6 Å². The van der Waals surface area contributed by atoms with Crippen LogP contribution in [-0.2, 0) is 20.8 Å². The zero-order chi connectivity index (χ0) is 23.5. The van der Waals surface area contributed by atoms with E-state index >= 15 is 0 Å². The quantitative estimate of drug-likeness (QED) is 0.351. The average Bonchev–Trinajstić information content (AvgIpc) is 3.09. The number of aryl methyl sites for hydroxylation is 1. The highest BCUT2D eigenvalue weighted by Gasteiger charge is 2.47. The van der Waals surface area contributed by atoms with Gasteiger partial charge in [-0.1, -0.05) is 37.3 Å². The van der Waals surface area contributed by atoms with Crippen molar-refractivity contribution in [2.45, 2.75) is 26.3 Å². The maximum Gasteiger partial charge on any atom is 0.300 e. The number of carbonyl (C=O) groups is 3. The zero-order valence-corrected chi connectivity index (χ0v) is 18.3. The normalized spacial score (nSPS) is 17.3. The average molecular weight is 441 g/mol. The van der Waals surface area contributed by atoms with Crippen molar-refractivity contribution in [2.75, 3.05) is 10.2 Å². The standard InChI is InChI=1S/C26H23N3O4/c1-3-17-7-9-18(10-8-17)23-22(24(31)19-11-13-27-14-12-19)25(32)26(33)29(23)21-6-4-5-20(15-21)28-16(2)30/h4-15,23,31H,3H2,1-2H3,(H,28,30)/b24-22+. The fourth-order valence-corrected chi connectivity index (χ4v) is 3.95. The molecule has 33 heavy (non-hydrogen) atoms. The van der Waals surface area contributed by atoms with E-state index in [0.29, 0.717) is 22.5 Å². The number of rotatable bonds is 5. The minimum atomic E-state index is -0.836. The van der Waals surface area contributed by atoms with Crippen LogP contribution in [0.3, 0.4) is 0 Å². The monoisotopic (exact) mass is 441 g/mol. The smallest absolute Gasteiger partial charge is 0.300 e. The zero-order valence-electron chi connectivity index (χ0n) is 18.3. The van der Waals surface area contributed by atoms with Crippen LogP contribution in [0, 0.1) is 0 Å². The fourth-order valence-electron chi connectivity index (χ4n) is 3.95. The van der Waals surface area contributed by atoms with Crippen molar-refractivity contribution in [3.63, 3.8) is 0 Å². The Labute approximate surface area is 191 Å². The molecule has 1 aromatic heterocycles. The summed E-state index contributed by atoms with van der Waals surface area (Å²) in [6.07, 6.45) is 3.86. The van der Waals surface area contributed by atoms with Crippen LogP contribution < -0.4 is 10.2 Å². The number of aliphatic hydroxyl groups excluding tert-OH is 1. The third kappa shape index (κ3) is 4.25. The predicted molar refractivity (Wildman–Crippen MR) is 126 cm³/mol. The molecular formula is C26H23N3O4. The van der Waals surface area contributed by atoms with Gasteiger partial charge in [0.15, 0.2) is 0 Å². The van der Waals surface area contributed by atoms with Gasteiger partial charge in [0, 0.05) is 36.3 Å². The number of aromatic nitrogens is 1. The van der Waals surface area contributed by atoms with Crippen LogP contribution in [0.15, 0.2) is 78.6 Å². The number of amides is 2. The fraction of sp³-hybridized carbons (Fsp3) is 0.154.